The Labute approximate surface area is 86.2 Å². The molecule has 1 unspecified atom stereocenters. The third kappa shape index (κ3) is 3.66. The lowest BCUT2D eigenvalue weighted by Gasteiger charge is -2.18. The average molecular weight is 199 g/mol. The first-order valence-corrected chi connectivity index (χ1v) is 5.57. The van der Waals surface area contributed by atoms with Gasteiger partial charge in [0.15, 0.2) is 0 Å². The maximum absolute atomic E-state index is 11.5. The van der Waals surface area contributed by atoms with Crippen molar-refractivity contribution in [3.05, 3.63) is 0 Å². The molecule has 1 aliphatic carbocycles. The Balaban J connectivity index is 2.30. The fourth-order valence-electron chi connectivity index (χ4n) is 1.85. The minimum atomic E-state index is -0.321. The van der Waals surface area contributed by atoms with Gasteiger partial charge in [-0.1, -0.05) is 25.7 Å². The van der Waals surface area contributed by atoms with Gasteiger partial charge in [0.25, 0.3) is 0 Å². The van der Waals surface area contributed by atoms with Gasteiger partial charge in [0.05, 0.1) is 0 Å². The summed E-state index contributed by atoms with van der Waals surface area (Å²) in [7, 11) is 1.57. The molecule has 1 rings (SSSR count). The number of nitrogens with one attached hydrogen (secondary N) is 1. The molecule has 0 aliphatic heterocycles. The lowest BCUT2D eigenvalue weighted by atomic mass is 10.1. The van der Waals surface area contributed by atoms with E-state index in [4.69, 9.17) is 4.74 Å². The lowest BCUT2D eigenvalue weighted by Crippen LogP contribution is -2.40. The van der Waals surface area contributed by atoms with Gasteiger partial charge >= 0.3 is 0 Å². The maximum atomic E-state index is 11.5. The quantitative estimate of drug-likeness (QED) is 0.705. The van der Waals surface area contributed by atoms with Crippen molar-refractivity contribution in [2.45, 2.75) is 57.6 Å². The molecule has 3 heteroatoms. The molecule has 0 aromatic carbocycles. The Bertz CT molecular complexity index is 174. The molecule has 1 amide bonds. The van der Waals surface area contributed by atoms with Crippen molar-refractivity contribution in [2.24, 2.45) is 0 Å². The minimum Gasteiger partial charge on any atom is -0.372 e. The first-order chi connectivity index (χ1) is 6.74. The first-order valence-electron chi connectivity index (χ1n) is 5.57. The van der Waals surface area contributed by atoms with Gasteiger partial charge in [-0.2, -0.15) is 0 Å². The maximum Gasteiger partial charge on any atom is 0.249 e. The monoisotopic (exact) mass is 199 g/mol. The van der Waals surface area contributed by atoms with Crippen LogP contribution in [0.25, 0.3) is 0 Å². The number of carbonyl (C=O) groups excluding carboxylic acids is 1. The number of methoxy groups -OCH3 is 1. The fourth-order valence-corrected chi connectivity index (χ4v) is 1.85. The van der Waals surface area contributed by atoms with E-state index in [0.29, 0.717) is 6.04 Å². The van der Waals surface area contributed by atoms with Gasteiger partial charge in [-0.25, -0.2) is 0 Å². The number of rotatable bonds is 3. The van der Waals surface area contributed by atoms with E-state index in [2.05, 4.69) is 5.32 Å². The summed E-state index contributed by atoms with van der Waals surface area (Å²) in [6.07, 6.45) is 7.04. The molecule has 1 fully saturated rings. The van der Waals surface area contributed by atoms with Crippen LogP contribution in [0.1, 0.15) is 45.4 Å². The smallest absolute Gasteiger partial charge is 0.249 e. The second-order valence-electron chi connectivity index (χ2n) is 4.08. The van der Waals surface area contributed by atoms with Crippen LogP contribution in [0.5, 0.6) is 0 Å². The molecule has 0 saturated heterocycles. The number of ether oxygens (including phenoxy) is 1. The molecule has 0 radical (unpaired) electrons. The van der Waals surface area contributed by atoms with E-state index >= 15 is 0 Å². The van der Waals surface area contributed by atoms with Crippen LogP contribution < -0.4 is 5.32 Å². The van der Waals surface area contributed by atoms with Crippen LogP contribution in [0.2, 0.25) is 0 Å². The van der Waals surface area contributed by atoms with Gasteiger partial charge in [-0.15, -0.1) is 0 Å². The SMILES string of the molecule is COC(C)C(=O)NC1CCCCCC1. The number of hydrogen-bond donors (Lipinski definition) is 1. The van der Waals surface area contributed by atoms with Crippen LogP contribution in [0.4, 0.5) is 0 Å². The van der Waals surface area contributed by atoms with Crippen LogP contribution in [0, 0.1) is 0 Å². The minimum absolute atomic E-state index is 0.0272. The molecule has 1 atom stereocenters. The zero-order valence-corrected chi connectivity index (χ0v) is 9.21. The molecule has 0 spiro atoms. The van der Waals surface area contributed by atoms with Gasteiger partial charge < -0.3 is 10.1 Å². The zero-order valence-electron chi connectivity index (χ0n) is 9.21. The topological polar surface area (TPSA) is 38.3 Å². The van der Waals surface area contributed by atoms with Gasteiger partial charge in [0.2, 0.25) is 5.91 Å². The third-order valence-electron chi connectivity index (χ3n) is 2.92. The summed E-state index contributed by atoms with van der Waals surface area (Å²) in [5.74, 6) is 0.0272. The van der Waals surface area contributed by atoms with Crippen molar-refractivity contribution in [2.75, 3.05) is 7.11 Å². The second-order valence-corrected chi connectivity index (χ2v) is 4.08. The van der Waals surface area contributed by atoms with E-state index < -0.39 is 0 Å². The lowest BCUT2D eigenvalue weighted by molar-refractivity contribution is -0.130. The van der Waals surface area contributed by atoms with Gasteiger partial charge in [0.1, 0.15) is 6.10 Å². The van der Waals surface area contributed by atoms with E-state index in [1.165, 1.54) is 25.7 Å². The fraction of sp³-hybridized carbons (Fsp3) is 0.909. The van der Waals surface area contributed by atoms with Gasteiger partial charge in [-0.3, -0.25) is 4.79 Å². The summed E-state index contributed by atoms with van der Waals surface area (Å²) >= 11 is 0. The van der Waals surface area contributed by atoms with Crippen molar-refractivity contribution < 1.29 is 9.53 Å². The Hall–Kier alpha value is -0.570. The first kappa shape index (κ1) is 11.5. The molecule has 14 heavy (non-hydrogen) atoms. The molecular weight excluding hydrogens is 178 g/mol. The molecule has 0 aromatic rings. The molecule has 1 aliphatic rings. The molecule has 1 N–H and O–H groups in total. The summed E-state index contributed by atoms with van der Waals surface area (Å²) in [6, 6.07) is 0.377. The van der Waals surface area contributed by atoms with E-state index in [1.54, 1.807) is 14.0 Å². The number of carbonyl (C=O) groups is 1. The van der Waals surface area contributed by atoms with Crippen molar-refractivity contribution in [3.8, 4) is 0 Å². The molecule has 3 nitrogen and oxygen atoms in total. The molecule has 0 heterocycles. The van der Waals surface area contributed by atoms with E-state index in [0.717, 1.165) is 12.8 Å². The summed E-state index contributed by atoms with van der Waals surface area (Å²) in [5.41, 5.74) is 0. The van der Waals surface area contributed by atoms with Crippen molar-refractivity contribution in [3.63, 3.8) is 0 Å². The highest BCUT2D eigenvalue weighted by atomic mass is 16.5. The third-order valence-corrected chi connectivity index (χ3v) is 2.92. The summed E-state index contributed by atoms with van der Waals surface area (Å²) in [5, 5.41) is 3.05. The molecule has 0 aromatic heterocycles. The van der Waals surface area contributed by atoms with Crippen LogP contribution in [0.3, 0.4) is 0 Å². The number of amides is 1. The van der Waals surface area contributed by atoms with Crippen molar-refractivity contribution >= 4 is 5.91 Å². The Kier molecular flexibility index (Phi) is 4.94. The predicted octanol–water partition coefficient (Wildman–Crippen LogP) is 1.86. The summed E-state index contributed by atoms with van der Waals surface area (Å²) in [6.45, 7) is 1.78. The average Bonchev–Trinajstić information content (AvgIpc) is 2.45. The highest BCUT2D eigenvalue weighted by molar-refractivity contribution is 5.80. The Morgan fingerprint density at radius 3 is 2.36 bits per heavy atom. The normalized spacial score (nSPS) is 21.3. The highest BCUT2D eigenvalue weighted by Crippen LogP contribution is 2.17. The zero-order chi connectivity index (χ0) is 10.4. The Morgan fingerprint density at radius 2 is 1.86 bits per heavy atom. The van der Waals surface area contributed by atoms with Gasteiger partial charge in [-0.05, 0) is 19.8 Å². The van der Waals surface area contributed by atoms with E-state index in [-0.39, 0.29) is 12.0 Å². The molecule has 1 saturated carbocycles. The molecule has 0 bridgehead atoms. The molecular formula is C11H21NO2. The Morgan fingerprint density at radius 1 is 1.29 bits per heavy atom. The van der Waals surface area contributed by atoms with Gasteiger partial charge in [0, 0.05) is 13.2 Å². The molecule has 82 valence electrons. The van der Waals surface area contributed by atoms with E-state index in [9.17, 15) is 4.79 Å². The predicted molar refractivity (Wildman–Crippen MR) is 56.1 cm³/mol. The van der Waals surface area contributed by atoms with Crippen LogP contribution in [0.15, 0.2) is 0 Å². The van der Waals surface area contributed by atoms with Crippen LogP contribution >= 0.6 is 0 Å². The number of hydrogen-bond acceptors (Lipinski definition) is 2. The van der Waals surface area contributed by atoms with Crippen molar-refractivity contribution in [1.29, 1.82) is 0 Å². The van der Waals surface area contributed by atoms with Crippen LogP contribution in [-0.2, 0) is 9.53 Å². The standard InChI is InChI=1S/C11H21NO2/c1-9(14-2)11(13)12-10-7-5-3-4-6-8-10/h9-10H,3-8H2,1-2H3,(H,12,13). The second kappa shape index (κ2) is 6.02. The highest BCUT2D eigenvalue weighted by Gasteiger charge is 2.17. The van der Waals surface area contributed by atoms with E-state index in [1.807, 2.05) is 0 Å². The van der Waals surface area contributed by atoms with Crippen molar-refractivity contribution in [1.82, 2.24) is 5.32 Å². The largest absolute Gasteiger partial charge is 0.372 e. The summed E-state index contributed by atoms with van der Waals surface area (Å²) < 4.78 is 4.97. The summed E-state index contributed by atoms with van der Waals surface area (Å²) in [4.78, 5) is 11.5. The van der Waals surface area contributed by atoms with Crippen LogP contribution in [-0.4, -0.2) is 25.2 Å².